The second-order valence-corrected chi connectivity index (χ2v) is 12.4. The maximum Gasteiger partial charge on any atom is 0.243 e. The Hall–Kier alpha value is -2.51. The highest BCUT2D eigenvalue weighted by Crippen LogP contribution is 2.24. The van der Waals surface area contributed by atoms with E-state index in [0.29, 0.717) is 49.8 Å². The van der Waals surface area contributed by atoms with E-state index in [4.69, 9.17) is 4.74 Å². The Bertz CT molecular complexity index is 1260. The number of nitrogens with zero attached hydrogens (tertiary/aromatic N) is 3. The lowest BCUT2D eigenvalue weighted by Crippen LogP contribution is -2.46. The molecule has 0 atom stereocenters. The number of hydrogen-bond acceptors (Lipinski definition) is 7. The summed E-state index contributed by atoms with van der Waals surface area (Å²) in [6.45, 7) is 5.84. The van der Waals surface area contributed by atoms with Gasteiger partial charge in [0.1, 0.15) is 5.75 Å². The molecule has 35 heavy (non-hydrogen) atoms. The molecule has 0 bridgehead atoms. The van der Waals surface area contributed by atoms with Gasteiger partial charge in [-0.15, -0.1) is 0 Å². The van der Waals surface area contributed by atoms with E-state index >= 15 is 0 Å². The maximum atomic E-state index is 12.9. The fourth-order valence-electron chi connectivity index (χ4n) is 3.66. The Kier molecular flexibility index (Phi) is 8.54. The molecule has 0 aromatic heterocycles. The summed E-state index contributed by atoms with van der Waals surface area (Å²) in [6.07, 6.45) is 0. The molecule has 0 unspecified atom stereocenters. The summed E-state index contributed by atoms with van der Waals surface area (Å²) < 4.78 is 59.3. The lowest BCUT2D eigenvalue weighted by Gasteiger charge is -2.31. The average molecular weight is 525 g/mol. The van der Waals surface area contributed by atoms with Gasteiger partial charge < -0.3 is 15.0 Å². The van der Waals surface area contributed by atoms with Gasteiger partial charge in [0.05, 0.1) is 22.9 Å². The van der Waals surface area contributed by atoms with Gasteiger partial charge in [-0.2, -0.15) is 8.61 Å². The first-order valence-corrected chi connectivity index (χ1v) is 14.1. The molecule has 1 amide bonds. The van der Waals surface area contributed by atoms with E-state index in [0.717, 1.165) is 4.31 Å². The van der Waals surface area contributed by atoms with E-state index < -0.39 is 32.5 Å². The molecule has 12 heteroatoms. The van der Waals surface area contributed by atoms with E-state index in [9.17, 15) is 21.6 Å². The van der Waals surface area contributed by atoms with Crippen LogP contribution in [0, 0.1) is 6.92 Å². The molecule has 3 rings (SSSR count). The van der Waals surface area contributed by atoms with Crippen molar-refractivity contribution >= 4 is 31.6 Å². The number of ether oxygens (including phenoxy) is 1. The van der Waals surface area contributed by atoms with Crippen LogP contribution in [0.5, 0.6) is 5.75 Å². The third-order valence-electron chi connectivity index (χ3n) is 5.76. The summed E-state index contributed by atoms with van der Waals surface area (Å²) in [5.74, 6) is 0.0540. The van der Waals surface area contributed by atoms with Gasteiger partial charge in [-0.3, -0.25) is 4.79 Å². The molecule has 10 nitrogen and oxygen atoms in total. The SMILES string of the molecule is CCOc1ccc(S(=O)(=O)N(C)CC(=O)Nc2ccc(S(=O)(=O)N3CCN(C)CC3)cc2)cc1C. The zero-order valence-corrected chi connectivity index (χ0v) is 22.0. The summed E-state index contributed by atoms with van der Waals surface area (Å²) in [5, 5.41) is 2.62. The standard InChI is InChI=1S/C23H32N4O6S2/c1-5-33-22-11-10-21(16-18(22)2)34(29,30)26(4)17-23(28)24-19-6-8-20(9-7-19)35(31,32)27-14-12-25(3)13-15-27/h6-11,16H,5,12-15,17H2,1-4H3,(H,24,28). The number of piperazine rings is 1. The molecule has 1 N–H and O–H groups in total. The fourth-order valence-corrected chi connectivity index (χ4v) is 6.29. The van der Waals surface area contributed by atoms with Crippen molar-refractivity contribution in [2.24, 2.45) is 0 Å². The Labute approximate surface area is 207 Å². The van der Waals surface area contributed by atoms with Crippen LogP contribution in [0.3, 0.4) is 0 Å². The number of nitrogens with one attached hydrogen (secondary N) is 1. The molecule has 1 heterocycles. The van der Waals surface area contributed by atoms with Crippen molar-refractivity contribution in [3.05, 3.63) is 48.0 Å². The van der Waals surface area contributed by atoms with E-state index in [2.05, 4.69) is 10.2 Å². The summed E-state index contributed by atoms with van der Waals surface area (Å²) in [5.41, 5.74) is 1.05. The summed E-state index contributed by atoms with van der Waals surface area (Å²) in [6, 6.07) is 10.4. The Morgan fingerprint density at radius 3 is 2.17 bits per heavy atom. The molecule has 0 saturated carbocycles. The molecule has 192 valence electrons. The number of likely N-dealkylation sites (N-methyl/N-ethyl adjacent to an activating group) is 2. The summed E-state index contributed by atoms with van der Waals surface area (Å²) >= 11 is 0. The minimum Gasteiger partial charge on any atom is -0.494 e. The number of rotatable bonds is 9. The molecule has 1 saturated heterocycles. The molecule has 1 aliphatic rings. The normalized spacial score (nSPS) is 15.8. The highest BCUT2D eigenvalue weighted by Gasteiger charge is 2.27. The van der Waals surface area contributed by atoms with E-state index in [1.807, 2.05) is 14.0 Å². The first-order valence-electron chi connectivity index (χ1n) is 11.2. The van der Waals surface area contributed by atoms with Crippen LogP contribution in [0.2, 0.25) is 0 Å². The van der Waals surface area contributed by atoms with Crippen LogP contribution in [0.4, 0.5) is 5.69 Å². The number of benzene rings is 2. The van der Waals surface area contributed by atoms with Crippen LogP contribution >= 0.6 is 0 Å². The van der Waals surface area contributed by atoms with Crippen molar-refractivity contribution in [1.82, 2.24) is 13.5 Å². The van der Waals surface area contributed by atoms with Gasteiger partial charge in [0.25, 0.3) is 0 Å². The number of hydrogen-bond donors (Lipinski definition) is 1. The Morgan fingerprint density at radius 1 is 1.00 bits per heavy atom. The second kappa shape index (κ2) is 11.0. The smallest absolute Gasteiger partial charge is 0.243 e. The van der Waals surface area contributed by atoms with Gasteiger partial charge in [0, 0.05) is 38.9 Å². The molecule has 0 radical (unpaired) electrons. The number of amides is 1. The zero-order valence-electron chi connectivity index (χ0n) is 20.4. The van der Waals surface area contributed by atoms with Crippen LogP contribution in [0.15, 0.2) is 52.3 Å². The quantitative estimate of drug-likeness (QED) is 0.530. The van der Waals surface area contributed by atoms with Gasteiger partial charge >= 0.3 is 0 Å². The van der Waals surface area contributed by atoms with Crippen LogP contribution in [-0.2, 0) is 24.8 Å². The van der Waals surface area contributed by atoms with E-state index in [-0.39, 0.29) is 9.79 Å². The lowest BCUT2D eigenvalue weighted by atomic mass is 10.2. The molecule has 0 aliphatic carbocycles. The second-order valence-electron chi connectivity index (χ2n) is 8.40. The topological polar surface area (TPSA) is 116 Å². The summed E-state index contributed by atoms with van der Waals surface area (Å²) in [7, 11) is -4.23. The predicted molar refractivity (Wildman–Crippen MR) is 133 cm³/mol. The molecule has 2 aromatic carbocycles. The van der Waals surface area contributed by atoms with E-state index in [1.54, 1.807) is 13.0 Å². The van der Waals surface area contributed by atoms with Crippen LogP contribution < -0.4 is 10.1 Å². The summed E-state index contributed by atoms with van der Waals surface area (Å²) in [4.78, 5) is 14.8. The number of sulfonamides is 2. The number of carbonyl (C=O) groups is 1. The van der Waals surface area contributed by atoms with Gasteiger partial charge in [-0.25, -0.2) is 16.8 Å². The van der Waals surface area contributed by atoms with E-state index in [1.165, 1.54) is 47.8 Å². The number of anilines is 1. The molecular formula is C23H32N4O6S2. The minimum atomic E-state index is -3.89. The van der Waals surface area contributed by atoms with Gasteiger partial charge in [0.2, 0.25) is 26.0 Å². The monoisotopic (exact) mass is 524 g/mol. The highest BCUT2D eigenvalue weighted by molar-refractivity contribution is 7.89. The first-order chi connectivity index (χ1) is 16.4. The third-order valence-corrected chi connectivity index (χ3v) is 9.47. The largest absolute Gasteiger partial charge is 0.494 e. The van der Waals surface area contributed by atoms with Crippen LogP contribution in [0.25, 0.3) is 0 Å². The van der Waals surface area contributed by atoms with Gasteiger partial charge in [-0.05, 0) is 68.9 Å². The Morgan fingerprint density at radius 2 is 1.60 bits per heavy atom. The van der Waals surface area contributed by atoms with Crippen LogP contribution in [-0.4, -0.2) is 89.7 Å². The Balaban J connectivity index is 1.63. The minimum absolute atomic E-state index is 0.0622. The van der Waals surface area contributed by atoms with Crippen molar-refractivity contribution < 1.29 is 26.4 Å². The zero-order chi connectivity index (χ0) is 25.8. The van der Waals surface area contributed by atoms with Crippen molar-refractivity contribution in [3.63, 3.8) is 0 Å². The van der Waals surface area contributed by atoms with Gasteiger partial charge in [-0.1, -0.05) is 0 Å². The number of aryl methyl sites for hydroxylation is 1. The molecular weight excluding hydrogens is 492 g/mol. The van der Waals surface area contributed by atoms with Crippen molar-refractivity contribution in [2.75, 3.05) is 58.7 Å². The van der Waals surface area contributed by atoms with Crippen molar-refractivity contribution in [2.45, 2.75) is 23.6 Å². The van der Waals surface area contributed by atoms with Crippen molar-refractivity contribution in [3.8, 4) is 5.75 Å². The molecule has 0 spiro atoms. The lowest BCUT2D eigenvalue weighted by molar-refractivity contribution is -0.116. The predicted octanol–water partition coefficient (Wildman–Crippen LogP) is 1.59. The van der Waals surface area contributed by atoms with Crippen molar-refractivity contribution in [1.29, 1.82) is 0 Å². The van der Waals surface area contributed by atoms with Crippen LogP contribution in [0.1, 0.15) is 12.5 Å². The third kappa shape index (κ3) is 6.39. The molecule has 2 aromatic rings. The molecule has 1 fully saturated rings. The maximum absolute atomic E-state index is 12.9. The van der Waals surface area contributed by atoms with Gasteiger partial charge in [0.15, 0.2) is 0 Å². The fraction of sp³-hybridized carbons (Fsp3) is 0.435. The molecule has 1 aliphatic heterocycles. The highest BCUT2D eigenvalue weighted by atomic mass is 32.2. The average Bonchev–Trinajstić information content (AvgIpc) is 2.81. The first kappa shape index (κ1) is 27.1. The number of carbonyl (C=O) groups excluding carboxylic acids is 1.